The van der Waals surface area contributed by atoms with Gasteiger partial charge >= 0.3 is 6.09 Å². The molecule has 0 fully saturated rings. The van der Waals surface area contributed by atoms with Gasteiger partial charge in [0.2, 0.25) is 0 Å². The Bertz CT molecular complexity index is 747. The number of fused-ring (bicyclic) bond motifs is 1. The first-order chi connectivity index (χ1) is 9.75. The molecule has 100 valence electrons. The van der Waals surface area contributed by atoms with Gasteiger partial charge in [-0.15, -0.1) is 0 Å². The molecular formula is C16H13NO3. The predicted molar refractivity (Wildman–Crippen MR) is 75.6 cm³/mol. The van der Waals surface area contributed by atoms with Crippen LogP contribution in [0.3, 0.4) is 0 Å². The molecule has 0 aliphatic carbocycles. The number of rotatable bonds is 2. The number of phenolic OH excluding ortho intramolecular Hbond substituents is 1. The Labute approximate surface area is 115 Å². The summed E-state index contributed by atoms with van der Waals surface area (Å²) < 4.78 is 6.65. The van der Waals surface area contributed by atoms with Crippen LogP contribution >= 0.6 is 0 Å². The zero-order valence-corrected chi connectivity index (χ0v) is 10.7. The van der Waals surface area contributed by atoms with Crippen molar-refractivity contribution in [3.8, 4) is 5.75 Å². The molecule has 0 spiro atoms. The zero-order valence-electron chi connectivity index (χ0n) is 10.7. The third kappa shape index (κ3) is 2.23. The van der Waals surface area contributed by atoms with Crippen LogP contribution in [0.15, 0.2) is 60.8 Å². The standard InChI is InChI=1S/C16H13NO3/c18-15-8-4-7-14-13(15)9-10-17(14)16(19)20-11-12-5-2-1-3-6-12/h1-10,18H,11H2. The molecule has 0 radical (unpaired) electrons. The summed E-state index contributed by atoms with van der Waals surface area (Å²) in [6.45, 7) is 0.220. The molecule has 1 heterocycles. The van der Waals surface area contributed by atoms with E-state index in [-0.39, 0.29) is 12.4 Å². The van der Waals surface area contributed by atoms with Crippen LogP contribution < -0.4 is 0 Å². The molecule has 0 unspecified atom stereocenters. The van der Waals surface area contributed by atoms with E-state index in [1.165, 1.54) is 4.57 Å². The topological polar surface area (TPSA) is 51.5 Å². The molecule has 3 aromatic rings. The van der Waals surface area contributed by atoms with E-state index in [4.69, 9.17) is 4.74 Å². The van der Waals surface area contributed by atoms with E-state index in [1.807, 2.05) is 30.3 Å². The summed E-state index contributed by atoms with van der Waals surface area (Å²) in [7, 11) is 0. The molecule has 0 saturated carbocycles. The summed E-state index contributed by atoms with van der Waals surface area (Å²) in [5.74, 6) is 0.150. The number of benzene rings is 2. The maximum Gasteiger partial charge on any atom is 0.418 e. The summed E-state index contributed by atoms with van der Waals surface area (Å²) in [5, 5.41) is 10.3. The number of carbonyl (C=O) groups is 1. The fourth-order valence-electron chi connectivity index (χ4n) is 2.10. The normalized spacial score (nSPS) is 10.6. The highest BCUT2D eigenvalue weighted by Crippen LogP contribution is 2.25. The second-order valence-electron chi connectivity index (χ2n) is 4.44. The molecule has 1 aromatic heterocycles. The van der Waals surface area contributed by atoms with Gasteiger partial charge in [0.15, 0.2) is 0 Å². The van der Waals surface area contributed by atoms with Gasteiger partial charge in [0.05, 0.1) is 5.52 Å². The third-order valence-electron chi connectivity index (χ3n) is 3.11. The van der Waals surface area contributed by atoms with E-state index in [0.29, 0.717) is 10.9 Å². The van der Waals surface area contributed by atoms with E-state index in [1.54, 1.807) is 30.5 Å². The van der Waals surface area contributed by atoms with Crippen LogP contribution in [0, 0.1) is 0 Å². The Hall–Kier alpha value is -2.75. The molecule has 0 amide bonds. The molecule has 0 atom stereocenters. The minimum Gasteiger partial charge on any atom is -0.507 e. The molecule has 1 N–H and O–H groups in total. The molecule has 4 heteroatoms. The van der Waals surface area contributed by atoms with Crippen LogP contribution in [0.2, 0.25) is 0 Å². The van der Waals surface area contributed by atoms with Gasteiger partial charge in [0.1, 0.15) is 12.4 Å². The van der Waals surface area contributed by atoms with Crippen LogP contribution in [0.5, 0.6) is 5.75 Å². The van der Waals surface area contributed by atoms with Gasteiger partial charge in [0, 0.05) is 11.6 Å². The molecule has 3 rings (SSSR count). The Balaban J connectivity index is 1.81. The fourth-order valence-corrected chi connectivity index (χ4v) is 2.10. The van der Waals surface area contributed by atoms with Crippen molar-refractivity contribution in [1.82, 2.24) is 4.57 Å². The third-order valence-corrected chi connectivity index (χ3v) is 3.11. The number of ether oxygens (including phenoxy) is 1. The number of phenols is 1. The maximum absolute atomic E-state index is 12.1. The average molecular weight is 267 g/mol. The monoisotopic (exact) mass is 267 g/mol. The first-order valence-corrected chi connectivity index (χ1v) is 6.26. The second-order valence-corrected chi connectivity index (χ2v) is 4.44. The Morgan fingerprint density at radius 1 is 1.05 bits per heavy atom. The summed E-state index contributed by atoms with van der Waals surface area (Å²) in [5.41, 5.74) is 1.56. The van der Waals surface area contributed by atoms with Crippen molar-refractivity contribution in [3.63, 3.8) is 0 Å². The van der Waals surface area contributed by atoms with Crippen LogP contribution in [0.4, 0.5) is 4.79 Å². The molecule has 2 aromatic carbocycles. The number of nitrogens with zero attached hydrogens (tertiary/aromatic N) is 1. The largest absolute Gasteiger partial charge is 0.507 e. The molecule has 0 saturated heterocycles. The van der Waals surface area contributed by atoms with Crippen molar-refractivity contribution in [2.75, 3.05) is 0 Å². The summed E-state index contributed by atoms with van der Waals surface area (Å²) in [6.07, 6.45) is 1.13. The van der Waals surface area contributed by atoms with Gasteiger partial charge < -0.3 is 9.84 Å². The van der Waals surface area contributed by atoms with Gasteiger partial charge in [0.25, 0.3) is 0 Å². The molecule has 4 nitrogen and oxygen atoms in total. The lowest BCUT2D eigenvalue weighted by Gasteiger charge is -2.06. The molecule has 0 bridgehead atoms. The fraction of sp³-hybridized carbons (Fsp3) is 0.0625. The summed E-state index contributed by atoms with van der Waals surface area (Å²) in [6, 6.07) is 16.2. The number of aromatic hydroxyl groups is 1. The number of carbonyl (C=O) groups excluding carboxylic acids is 1. The minimum absolute atomic E-state index is 0.150. The number of aromatic nitrogens is 1. The van der Waals surface area contributed by atoms with E-state index in [2.05, 4.69) is 0 Å². The Morgan fingerprint density at radius 3 is 2.65 bits per heavy atom. The van der Waals surface area contributed by atoms with Gasteiger partial charge in [-0.05, 0) is 23.8 Å². The van der Waals surface area contributed by atoms with Gasteiger partial charge in [-0.25, -0.2) is 4.79 Å². The molecule has 20 heavy (non-hydrogen) atoms. The average Bonchev–Trinajstić information content (AvgIpc) is 2.91. The lowest BCUT2D eigenvalue weighted by Crippen LogP contribution is -2.12. The summed E-state index contributed by atoms with van der Waals surface area (Å²) >= 11 is 0. The van der Waals surface area contributed by atoms with Gasteiger partial charge in [-0.3, -0.25) is 4.57 Å². The van der Waals surface area contributed by atoms with Crippen molar-refractivity contribution in [2.45, 2.75) is 6.61 Å². The van der Waals surface area contributed by atoms with Crippen molar-refractivity contribution in [3.05, 3.63) is 66.4 Å². The first kappa shape index (κ1) is 12.3. The van der Waals surface area contributed by atoms with Crippen molar-refractivity contribution < 1.29 is 14.6 Å². The van der Waals surface area contributed by atoms with Crippen molar-refractivity contribution >= 4 is 17.0 Å². The highest BCUT2D eigenvalue weighted by atomic mass is 16.5. The quantitative estimate of drug-likeness (QED) is 0.772. The van der Waals surface area contributed by atoms with E-state index in [0.717, 1.165) is 5.56 Å². The van der Waals surface area contributed by atoms with E-state index < -0.39 is 6.09 Å². The SMILES string of the molecule is O=C(OCc1ccccc1)n1ccc2c(O)cccc21. The molecule has 0 aliphatic rings. The predicted octanol–water partition coefficient (Wildman–Crippen LogP) is 3.53. The molecular weight excluding hydrogens is 254 g/mol. The number of hydrogen-bond acceptors (Lipinski definition) is 3. The van der Waals surface area contributed by atoms with E-state index in [9.17, 15) is 9.90 Å². The lowest BCUT2D eigenvalue weighted by molar-refractivity contribution is 0.142. The van der Waals surface area contributed by atoms with Gasteiger partial charge in [-0.2, -0.15) is 0 Å². The molecule has 0 aliphatic heterocycles. The van der Waals surface area contributed by atoms with Gasteiger partial charge in [-0.1, -0.05) is 36.4 Å². The highest BCUT2D eigenvalue weighted by molar-refractivity contribution is 5.92. The second kappa shape index (κ2) is 5.09. The smallest absolute Gasteiger partial charge is 0.418 e. The van der Waals surface area contributed by atoms with Crippen LogP contribution in [-0.2, 0) is 11.3 Å². The van der Waals surface area contributed by atoms with Crippen molar-refractivity contribution in [2.24, 2.45) is 0 Å². The number of hydrogen-bond donors (Lipinski definition) is 1. The maximum atomic E-state index is 12.1. The Morgan fingerprint density at radius 2 is 1.85 bits per heavy atom. The zero-order chi connectivity index (χ0) is 13.9. The lowest BCUT2D eigenvalue weighted by atomic mass is 10.2. The minimum atomic E-state index is -0.463. The summed E-state index contributed by atoms with van der Waals surface area (Å²) in [4.78, 5) is 12.1. The van der Waals surface area contributed by atoms with Crippen LogP contribution in [-0.4, -0.2) is 15.8 Å². The van der Waals surface area contributed by atoms with Crippen molar-refractivity contribution in [1.29, 1.82) is 0 Å². The first-order valence-electron chi connectivity index (χ1n) is 6.26. The van der Waals surface area contributed by atoms with Crippen LogP contribution in [0.1, 0.15) is 5.56 Å². The van der Waals surface area contributed by atoms with Crippen LogP contribution in [0.25, 0.3) is 10.9 Å². The highest BCUT2D eigenvalue weighted by Gasteiger charge is 2.11. The Kier molecular flexibility index (Phi) is 3.13. The van der Waals surface area contributed by atoms with E-state index >= 15 is 0 Å².